The normalized spacial score (nSPS) is 11.2. The topological polar surface area (TPSA) is 109 Å². The third-order valence-corrected chi connectivity index (χ3v) is 1.90. The highest BCUT2D eigenvalue weighted by atomic mass is 16.4. The summed E-state index contributed by atoms with van der Waals surface area (Å²) >= 11 is 0. The highest BCUT2D eigenvalue weighted by molar-refractivity contribution is 5.80. The third kappa shape index (κ3) is 7.07. The zero-order chi connectivity index (χ0) is 13.4. The van der Waals surface area contributed by atoms with Gasteiger partial charge in [-0.1, -0.05) is 0 Å². The van der Waals surface area contributed by atoms with Gasteiger partial charge in [-0.15, -0.1) is 0 Å². The number of carboxylic acid groups (broad SMARTS) is 2. The molecule has 0 aliphatic heterocycles. The van der Waals surface area contributed by atoms with Gasteiger partial charge in [0.25, 0.3) is 0 Å². The molecule has 1 aromatic heterocycles. The molecule has 1 aromatic rings. The van der Waals surface area contributed by atoms with Gasteiger partial charge in [0.2, 0.25) is 6.33 Å². The van der Waals surface area contributed by atoms with Crippen molar-refractivity contribution in [2.45, 2.75) is 25.9 Å². The molecule has 4 N–H and O–H groups in total. The fraction of sp³-hybridized carbons (Fsp3) is 0.500. The molecular formula is C10H18N3O4+. The van der Waals surface area contributed by atoms with E-state index in [2.05, 4.69) is 24.0 Å². The summed E-state index contributed by atoms with van der Waals surface area (Å²) < 4.78 is 4.16. The number of hydrogen-bond donors (Lipinski definition) is 3. The second-order valence-electron chi connectivity index (χ2n) is 3.45. The van der Waals surface area contributed by atoms with Crippen LogP contribution >= 0.6 is 0 Å². The first-order chi connectivity index (χ1) is 7.86. The molecule has 0 saturated carbocycles. The average Bonchev–Trinajstić information content (AvgIpc) is 2.64. The second-order valence-corrected chi connectivity index (χ2v) is 3.45. The van der Waals surface area contributed by atoms with Crippen LogP contribution in [0, 0.1) is 0 Å². The Morgan fingerprint density at radius 2 is 2.06 bits per heavy atom. The number of imidazole rings is 1. The molecule has 0 aliphatic carbocycles. The zero-order valence-corrected chi connectivity index (χ0v) is 9.91. The van der Waals surface area contributed by atoms with Gasteiger partial charge in [-0.25, -0.2) is 9.13 Å². The van der Waals surface area contributed by atoms with Gasteiger partial charge in [0.15, 0.2) is 0 Å². The molecule has 1 unspecified atom stereocenters. The summed E-state index contributed by atoms with van der Waals surface area (Å²) in [4.78, 5) is 19.6. The number of nitrogens with two attached hydrogens (primary N) is 1. The fourth-order valence-corrected chi connectivity index (χ4v) is 0.964. The number of rotatable bonds is 4. The van der Waals surface area contributed by atoms with Gasteiger partial charge in [0, 0.05) is 0 Å². The molecule has 0 saturated heterocycles. The Bertz CT molecular complexity index is 375. The molecule has 1 atom stereocenters. The van der Waals surface area contributed by atoms with E-state index in [1.54, 1.807) is 0 Å². The Hall–Kier alpha value is -1.89. The van der Waals surface area contributed by atoms with Crippen molar-refractivity contribution in [3.8, 4) is 0 Å². The van der Waals surface area contributed by atoms with E-state index in [4.69, 9.17) is 15.9 Å². The lowest BCUT2D eigenvalue weighted by Gasteiger charge is -1.99. The minimum absolute atomic E-state index is 0.532. The third-order valence-electron chi connectivity index (χ3n) is 1.90. The van der Waals surface area contributed by atoms with Crippen LogP contribution in [0.3, 0.4) is 0 Å². The van der Waals surface area contributed by atoms with Gasteiger partial charge in [-0.2, -0.15) is 0 Å². The maximum Gasteiger partial charge on any atom is 0.321 e. The van der Waals surface area contributed by atoms with Crippen LogP contribution in [0.1, 0.15) is 13.3 Å². The first kappa shape index (κ1) is 15.1. The number of carbonyl (C=O) groups is 2. The molecule has 0 aliphatic rings. The lowest BCUT2D eigenvalue weighted by atomic mass is 10.2. The van der Waals surface area contributed by atoms with Crippen molar-refractivity contribution in [3.05, 3.63) is 18.7 Å². The molecule has 1 heterocycles. The largest absolute Gasteiger partial charge is 0.481 e. The number of hydrogen-bond acceptors (Lipinski definition) is 3. The van der Waals surface area contributed by atoms with Crippen LogP contribution in [0.2, 0.25) is 0 Å². The second kappa shape index (κ2) is 7.39. The monoisotopic (exact) mass is 244 g/mol. The molecule has 17 heavy (non-hydrogen) atoms. The van der Waals surface area contributed by atoms with E-state index in [1.165, 1.54) is 0 Å². The molecule has 7 nitrogen and oxygen atoms in total. The van der Waals surface area contributed by atoms with E-state index in [-0.39, 0.29) is 0 Å². The first-order valence-electron chi connectivity index (χ1n) is 5.08. The summed E-state index contributed by atoms with van der Waals surface area (Å²) in [7, 11) is 2.02. The van der Waals surface area contributed by atoms with Gasteiger partial charge < -0.3 is 15.9 Å². The van der Waals surface area contributed by atoms with E-state index >= 15 is 0 Å². The van der Waals surface area contributed by atoms with E-state index in [9.17, 15) is 9.59 Å². The quantitative estimate of drug-likeness (QED) is 0.601. The van der Waals surface area contributed by atoms with Gasteiger partial charge in [0.05, 0.1) is 20.0 Å². The van der Waals surface area contributed by atoms with Crippen molar-refractivity contribution in [2.75, 3.05) is 0 Å². The SMILES string of the molecule is CC[n+]1ccn(C)c1.NC(CC(=O)O)C(=O)O. The molecule has 7 heteroatoms. The minimum atomic E-state index is -1.29. The highest BCUT2D eigenvalue weighted by Crippen LogP contribution is 1.86. The number of nitrogens with zero attached hydrogens (tertiary/aromatic N) is 2. The molecule has 0 amide bonds. The molecular weight excluding hydrogens is 226 g/mol. The van der Waals surface area contributed by atoms with Gasteiger partial charge in [0.1, 0.15) is 18.4 Å². The lowest BCUT2D eigenvalue weighted by molar-refractivity contribution is -0.693. The van der Waals surface area contributed by atoms with Crippen LogP contribution in [0.15, 0.2) is 18.7 Å². The van der Waals surface area contributed by atoms with E-state index in [1.807, 2.05) is 17.8 Å². The Morgan fingerprint density at radius 3 is 2.24 bits per heavy atom. The number of aromatic nitrogens is 2. The highest BCUT2D eigenvalue weighted by Gasteiger charge is 2.14. The molecule has 0 bridgehead atoms. The van der Waals surface area contributed by atoms with Crippen molar-refractivity contribution >= 4 is 11.9 Å². The van der Waals surface area contributed by atoms with Crippen LogP contribution in [0.25, 0.3) is 0 Å². The maximum absolute atomic E-state index is 9.85. The predicted molar refractivity (Wildman–Crippen MR) is 59.1 cm³/mol. The standard InChI is InChI=1S/C6H11N2.C4H7NO4/c1-3-8-5-4-7(2)6-8;5-2(4(8)9)1-3(6)7/h4-6H,3H2,1-2H3;2H,1,5H2,(H,6,7)(H,8,9)/q+1;. The summed E-state index contributed by atoms with van der Waals surface area (Å²) in [6.45, 7) is 3.18. The smallest absolute Gasteiger partial charge is 0.321 e. The minimum Gasteiger partial charge on any atom is -0.481 e. The Balaban J connectivity index is 0.000000302. The molecule has 0 radical (unpaired) electrons. The van der Waals surface area contributed by atoms with E-state index < -0.39 is 24.4 Å². The van der Waals surface area contributed by atoms with Crippen molar-refractivity contribution in [3.63, 3.8) is 0 Å². The molecule has 0 fully saturated rings. The molecule has 0 spiro atoms. The van der Waals surface area contributed by atoms with Crippen molar-refractivity contribution in [1.82, 2.24) is 4.57 Å². The van der Waals surface area contributed by atoms with Crippen molar-refractivity contribution in [2.24, 2.45) is 12.8 Å². The van der Waals surface area contributed by atoms with E-state index in [0.717, 1.165) is 6.54 Å². The van der Waals surface area contributed by atoms with Crippen LogP contribution in [0.5, 0.6) is 0 Å². The van der Waals surface area contributed by atoms with Crippen LogP contribution < -0.4 is 10.3 Å². The number of carboxylic acids is 2. The molecule has 1 rings (SSSR count). The van der Waals surface area contributed by atoms with Gasteiger partial charge in [-0.05, 0) is 6.92 Å². The Kier molecular flexibility index (Phi) is 6.57. The van der Waals surface area contributed by atoms with Gasteiger partial charge >= 0.3 is 11.9 Å². The van der Waals surface area contributed by atoms with Crippen LogP contribution in [-0.4, -0.2) is 32.8 Å². The van der Waals surface area contributed by atoms with Crippen molar-refractivity contribution < 1.29 is 24.4 Å². The van der Waals surface area contributed by atoms with Crippen LogP contribution in [-0.2, 0) is 23.2 Å². The van der Waals surface area contributed by atoms with Gasteiger partial charge in [-0.3, -0.25) is 9.59 Å². The summed E-state index contributed by atoms with van der Waals surface area (Å²) in [6.07, 6.45) is 5.61. The predicted octanol–water partition coefficient (Wildman–Crippen LogP) is -0.794. The average molecular weight is 244 g/mol. The summed E-state index contributed by atoms with van der Waals surface area (Å²) in [5.74, 6) is -2.50. The maximum atomic E-state index is 9.85. The molecule has 96 valence electrons. The first-order valence-corrected chi connectivity index (χ1v) is 5.08. The summed E-state index contributed by atoms with van der Waals surface area (Å²) in [5.41, 5.74) is 4.84. The molecule has 0 aromatic carbocycles. The Labute approximate surface area is 99.1 Å². The summed E-state index contributed by atoms with van der Waals surface area (Å²) in [6, 6.07) is -1.29. The number of aliphatic carboxylic acids is 2. The lowest BCUT2D eigenvalue weighted by Crippen LogP contribution is -2.32. The number of aryl methyl sites for hydroxylation is 2. The van der Waals surface area contributed by atoms with Crippen LogP contribution in [0.4, 0.5) is 0 Å². The summed E-state index contributed by atoms with van der Waals surface area (Å²) in [5, 5.41) is 16.0. The zero-order valence-electron chi connectivity index (χ0n) is 9.91. The van der Waals surface area contributed by atoms with E-state index in [0.29, 0.717) is 0 Å². The fourth-order valence-electron chi connectivity index (χ4n) is 0.964. The van der Waals surface area contributed by atoms with Crippen molar-refractivity contribution in [1.29, 1.82) is 0 Å². The Morgan fingerprint density at radius 1 is 1.47 bits per heavy atom.